The highest BCUT2D eigenvalue weighted by Gasteiger charge is 2.23. The number of rotatable bonds is 9. The summed E-state index contributed by atoms with van der Waals surface area (Å²) < 4.78 is 1.28. The van der Waals surface area contributed by atoms with E-state index in [1.165, 1.54) is 47.4 Å². The van der Waals surface area contributed by atoms with Crippen molar-refractivity contribution in [3.05, 3.63) is 28.8 Å². The number of thiazole rings is 1. The quantitative estimate of drug-likeness (QED) is 0.558. The van der Waals surface area contributed by atoms with Gasteiger partial charge in [0, 0.05) is 25.6 Å². The molecule has 1 aliphatic carbocycles. The van der Waals surface area contributed by atoms with Gasteiger partial charge in [-0.1, -0.05) is 45.1 Å². The monoisotopic (exact) mass is 454 g/mol. The van der Waals surface area contributed by atoms with Crippen molar-refractivity contribution in [1.29, 1.82) is 0 Å². The zero-order valence-electron chi connectivity index (χ0n) is 20.0. The SMILES string of the molecule is CC(C)c1ccc2nc(CCNC(CNC(=O)C#CCN(C)C)C3CCCCC3)sc2c1. The number of hydrogen-bond donors (Lipinski definition) is 2. The molecule has 2 N–H and O–H groups in total. The Kier molecular flexibility index (Phi) is 9.52. The number of amides is 1. The summed E-state index contributed by atoms with van der Waals surface area (Å²) in [5, 5.41) is 7.95. The van der Waals surface area contributed by atoms with Crippen LogP contribution in [0.3, 0.4) is 0 Å². The van der Waals surface area contributed by atoms with E-state index in [2.05, 4.69) is 54.5 Å². The van der Waals surface area contributed by atoms with Gasteiger partial charge < -0.3 is 10.6 Å². The second kappa shape index (κ2) is 12.3. The molecule has 1 unspecified atom stereocenters. The van der Waals surface area contributed by atoms with Gasteiger partial charge in [0.2, 0.25) is 0 Å². The van der Waals surface area contributed by atoms with Gasteiger partial charge in [0.15, 0.2) is 0 Å². The average molecular weight is 455 g/mol. The third-order valence-corrected chi connectivity index (χ3v) is 7.25. The van der Waals surface area contributed by atoms with Crippen molar-refractivity contribution in [3.63, 3.8) is 0 Å². The second-order valence-electron chi connectivity index (χ2n) is 9.45. The van der Waals surface area contributed by atoms with Crippen LogP contribution in [0.15, 0.2) is 18.2 Å². The first kappa shape index (κ1) is 24.7. The van der Waals surface area contributed by atoms with Gasteiger partial charge in [-0.15, -0.1) is 11.3 Å². The van der Waals surface area contributed by atoms with Crippen LogP contribution in [0.1, 0.15) is 62.4 Å². The van der Waals surface area contributed by atoms with Gasteiger partial charge in [-0.2, -0.15) is 0 Å². The largest absolute Gasteiger partial charge is 0.344 e. The molecule has 0 aliphatic heterocycles. The number of carbonyl (C=O) groups is 1. The van der Waals surface area contributed by atoms with E-state index in [1.54, 1.807) is 11.3 Å². The van der Waals surface area contributed by atoms with E-state index in [-0.39, 0.29) is 11.9 Å². The first-order valence-corrected chi connectivity index (χ1v) is 12.8. The smallest absolute Gasteiger partial charge is 0.295 e. The minimum atomic E-state index is -0.179. The summed E-state index contributed by atoms with van der Waals surface area (Å²) in [6, 6.07) is 6.91. The molecule has 0 radical (unpaired) electrons. The molecule has 0 saturated heterocycles. The minimum Gasteiger partial charge on any atom is -0.344 e. The van der Waals surface area contributed by atoms with E-state index in [9.17, 15) is 4.79 Å². The minimum absolute atomic E-state index is 0.179. The van der Waals surface area contributed by atoms with Crippen LogP contribution in [0.5, 0.6) is 0 Å². The fourth-order valence-corrected chi connectivity index (χ4v) is 5.30. The van der Waals surface area contributed by atoms with E-state index in [1.807, 2.05) is 19.0 Å². The van der Waals surface area contributed by atoms with Gasteiger partial charge in [0.05, 0.1) is 21.8 Å². The fraction of sp³-hybridized carbons (Fsp3) is 0.615. The Labute approximate surface area is 197 Å². The molecule has 1 aliphatic rings. The van der Waals surface area contributed by atoms with Gasteiger partial charge >= 0.3 is 0 Å². The summed E-state index contributed by atoms with van der Waals surface area (Å²) in [5.74, 6) is 6.58. The van der Waals surface area contributed by atoms with Crippen molar-refractivity contribution < 1.29 is 4.79 Å². The molecule has 1 saturated carbocycles. The van der Waals surface area contributed by atoms with Crippen molar-refractivity contribution in [2.75, 3.05) is 33.7 Å². The lowest BCUT2D eigenvalue weighted by Gasteiger charge is -2.31. The van der Waals surface area contributed by atoms with Crippen LogP contribution in [0.2, 0.25) is 0 Å². The average Bonchev–Trinajstić information content (AvgIpc) is 3.18. The molecule has 1 aromatic heterocycles. The molecule has 6 heteroatoms. The lowest BCUT2D eigenvalue weighted by atomic mass is 9.83. The normalized spacial score (nSPS) is 15.7. The molecule has 0 bridgehead atoms. The summed E-state index contributed by atoms with van der Waals surface area (Å²) in [5.41, 5.74) is 2.47. The van der Waals surface area contributed by atoms with Crippen molar-refractivity contribution in [3.8, 4) is 11.8 Å². The third kappa shape index (κ3) is 7.58. The topological polar surface area (TPSA) is 57.3 Å². The predicted molar refractivity (Wildman–Crippen MR) is 135 cm³/mol. The Morgan fingerprint density at radius 3 is 2.75 bits per heavy atom. The van der Waals surface area contributed by atoms with Gasteiger partial charge in [0.25, 0.3) is 5.91 Å². The molecule has 1 heterocycles. The van der Waals surface area contributed by atoms with E-state index in [0.29, 0.717) is 24.9 Å². The third-order valence-electron chi connectivity index (χ3n) is 6.17. The molecule has 1 fully saturated rings. The van der Waals surface area contributed by atoms with E-state index >= 15 is 0 Å². The molecule has 174 valence electrons. The van der Waals surface area contributed by atoms with E-state index in [4.69, 9.17) is 4.98 Å². The van der Waals surface area contributed by atoms with Crippen LogP contribution in [0.4, 0.5) is 0 Å². The van der Waals surface area contributed by atoms with Gasteiger partial charge in [0.1, 0.15) is 0 Å². The highest BCUT2D eigenvalue weighted by Crippen LogP contribution is 2.28. The molecule has 32 heavy (non-hydrogen) atoms. The molecule has 1 aromatic carbocycles. The van der Waals surface area contributed by atoms with E-state index in [0.717, 1.165) is 18.5 Å². The van der Waals surface area contributed by atoms with Crippen LogP contribution in [0, 0.1) is 17.8 Å². The number of nitrogens with zero attached hydrogens (tertiary/aromatic N) is 2. The molecule has 3 rings (SSSR count). The number of fused-ring (bicyclic) bond motifs is 1. The maximum absolute atomic E-state index is 12.1. The van der Waals surface area contributed by atoms with Crippen LogP contribution in [-0.4, -0.2) is 55.6 Å². The number of carbonyl (C=O) groups excluding carboxylic acids is 1. The molecular formula is C26H38N4OS. The molecule has 1 amide bonds. The van der Waals surface area contributed by atoms with Gasteiger partial charge in [-0.05, 0) is 62.4 Å². The summed E-state index contributed by atoms with van der Waals surface area (Å²) >= 11 is 1.80. The zero-order chi connectivity index (χ0) is 22.9. The summed E-state index contributed by atoms with van der Waals surface area (Å²) in [7, 11) is 3.90. The fourth-order valence-electron chi connectivity index (χ4n) is 4.29. The number of nitrogens with one attached hydrogen (secondary N) is 2. The molecular weight excluding hydrogens is 416 g/mol. The highest BCUT2D eigenvalue weighted by atomic mass is 32.1. The van der Waals surface area contributed by atoms with Crippen molar-refractivity contribution in [1.82, 2.24) is 20.5 Å². The molecule has 1 atom stereocenters. The number of aromatic nitrogens is 1. The van der Waals surface area contributed by atoms with Crippen LogP contribution in [-0.2, 0) is 11.2 Å². The van der Waals surface area contributed by atoms with Crippen LogP contribution >= 0.6 is 11.3 Å². The van der Waals surface area contributed by atoms with Crippen LogP contribution < -0.4 is 10.6 Å². The summed E-state index contributed by atoms with van der Waals surface area (Å²) in [6.45, 7) is 6.56. The maximum atomic E-state index is 12.1. The standard InChI is InChI=1S/C26H38N4OS/c1-19(2)21-12-13-22-24(17-21)32-26(29-22)14-15-27-23(20-9-6-5-7-10-20)18-28-25(31)11-8-16-30(3)4/h12-13,17,19-20,23,27H,5-7,9-10,14-16,18H2,1-4H3,(H,28,31). The zero-order valence-corrected chi connectivity index (χ0v) is 20.9. The summed E-state index contributed by atoms with van der Waals surface area (Å²) in [6.07, 6.45) is 7.29. The molecule has 0 spiro atoms. The predicted octanol–water partition coefficient (Wildman–Crippen LogP) is 4.18. The Morgan fingerprint density at radius 1 is 1.25 bits per heavy atom. The van der Waals surface area contributed by atoms with Crippen molar-refractivity contribution in [2.24, 2.45) is 5.92 Å². The lowest BCUT2D eigenvalue weighted by Crippen LogP contribution is -2.46. The molecule has 5 nitrogen and oxygen atoms in total. The first-order valence-electron chi connectivity index (χ1n) is 12.0. The van der Waals surface area contributed by atoms with Gasteiger partial charge in [-0.25, -0.2) is 4.98 Å². The Balaban J connectivity index is 1.55. The molecule has 2 aromatic rings. The number of benzene rings is 1. The Morgan fingerprint density at radius 2 is 2.03 bits per heavy atom. The Bertz CT molecular complexity index is 934. The van der Waals surface area contributed by atoms with E-state index < -0.39 is 0 Å². The van der Waals surface area contributed by atoms with Crippen LogP contribution in [0.25, 0.3) is 10.2 Å². The second-order valence-corrected chi connectivity index (χ2v) is 10.6. The Hall–Kier alpha value is -1.94. The number of hydrogen-bond acceptors (Lipinski definition) is 5. The summed E-state index contributed by atoms with van der Waals surface area (Å²) in [4.78, 5) is 18.9. The maximum Gasteiger partial charge on any atom is 0.295 e. The first-order chi connectivity index (χ1) is 15.4. The lowest BCUT2D eigenvalue weighted by molar-refractivity contribution is -0.115. The van der Waals surface area contributed by atoms with Gasteiger partial charge in [-0.3, -0.25) is 9.69 Å². The highest BCUT2D eigenvalue weighted by molar-refractivity contribution is 7.18. The van der Waals surface area contributed by atoms with Crippen molar-refractivity contribution >= 4 is 27.5 Å². The van der Waals surface area contributed by atoms with Crippen molar-refractivity contribution in [2.45, 2.75) is 64.3 Å².